The van der Waals surface area contributed by atoms with Crippen LogP contribution in [0.5, 0.6) is 0 Å². The molecule has 0 aromatic carbocycles. The minimum atomic E-state index is 0.149. The first-order chi connectivity index (χ1) is 12.0. The van der Waals surface area contributed by atoms with Gasteiger partial charge in [-0.3, -0.25) is 14.6 Å². The van der Waals surface area contributed by atoms with E-state index in [4.69, 9.17) is 0 Å². The van der Waals surface area contributed by atoms with Gasteiger partial charge in [-0.2, -0.15) is 0 Å². The SMILES string of the molecule is CCN1CC(C[C@H]2CN(C)CCN2CC)N(CCC(=O)NC)[C@H](C)C1. The fraction of sp³-hybridized carbons (Fsp3) is 0.947. The maximum atomic E-state index is 11.8. The second-order valence-corrected chi connectivity index (χ2v) is 7.80. The van der Waals surface area contributed by atoms with Crippen molar-refractivity contribution in [1.82, 2.24) is 24.9 Å². The van der Waals surface area contributed by atoms with E-state index >= 15 is 0 Å². The highest BCUT2D eigenvalue weighted by atomic mass is 16.1. The molecule has 0 spiro atoms. The van der Waals surface area contributed by atoms with Crippen molar-refractivity contribution < 1.29 is 4.79 Å². The lowest BCUT2D eigenvalue weighted by molar-refractivity contribution is -0.121. The Labute approximate surface area is 154 Å². The van der Waals surface area contributed by atoms with Crippen LogP contribution in [0.3, 0.4) is 0 Å². The fourth-order valence-electron chi connectivity index (χ4n) is 4.54. The lowest BCUT2D eigenvalue weighted by atomic mass is 9.97. The smallest absolute Gasteiger partial charge is 0.221 e. The third-order valence-corrected chi connectivity index (χ3v) is 6.11. The Morgan fingerprint density at radius 3 is 2.48 bits per heavy atom. The molecule has 2 aliphatic heterocycles. The first-order valence-corrected chi connectivity index (χ1v) is 10.1. The van der Waals surface area contributed by atoms with E-state index in [1.807, 2.05) is 0 Å². The molecule has 2 rings (SSSR count). The van der Waals surface area contributed by atoms with Gasteiger partial charge in [-0.1, -0.05) is 13.8 Å². The van der Waals surface area contributed by atoms with Crippen molar-refractivity contribution in [2.24, 2.45) is 0 Å². The van der Waals surface area contributed by atoms with E-state index in [2.05, 4.69) is 52.7 Å². The molecule has 2 heterocycles. The van der Waals surface area contributed by atoms with Gasteiger partial charge >= 0.3 is 0 Å². The zero-order valence-electron chi connectivity index (χ0n) is 17.0. The molecule has 25 heavy (non-hydrogen) atoms. The number of carbonyl (C=O) groups is 1. The highest BCUT2D eigenvalue weighted by molar-refractivity contribution is 5.75. The monoisotopic (exact) mass is 353 g/mol. The summed E-state index contributed by atoms with van der Waals surface area (Å²) in [5.74, 6) is 0.149. The summed E-state index contributed by atoms with van der Waals surface area (Å²) in [4.78, 5) is 22.0. The highest BCUT2D eigenvalue weighted by Crippen LogP contribution is 2.23. The van der Waals surface area contributed by atoms with E-state index < -0.39 is 0 Å². The summed E-state index contributed by atoms with van der Waals surface area (Å²) >= 11 is 0. The first kappa shape index (κ1) is 20.6. The molecule has 1 unspecified atom stereocenters. The zero-order valence-corrected chi connectivity index (χ0v) is 17.0. The number of nitrogens with one attached hydrogen (secondary N) is 1. The Bertz CT molecular complexity index is 419. The molecule has 0 aromatic rings. The second-order valence-electron chi connectivity index (χ2n) is 7.80. The minimum Gasteiger partial charge on any atom is -0.359 e. The van der Waals surface area contributed by atoms with Gasteiger partial charge in [0.1, 0.15) is 0 Å². The van der Waals surface area contributed by atoms with Crippen LogP contribution < -0.4 is 5.32 Å². The molecule has 0 aromatic heterocycles. The molecule has 3 atom stereocenters. The third-order valence-electron chi connectivity index (χ3n) is 6.11. The summed E-state index contributed by atoms with van der Waals surface area (Å²) < 4.78 is 0. The van der Waals surface area contributed by atoms with Gasteiger partial charge in [0.15, 0.2) is 0 Å². The molecular weight excluding hydrogens is 314 g/mol. The largest absolute Gasteiger partial charge is 0.359 e. The Kier molecular flexibility index (Phi) is 8.13. The molecule has 2 aliphatic rings. The van der Waals surface area contributed by atoms with Crippen LogP contribution in [-0.4, -0.2) is 110 Å². The van der Waals surface area contributed by atoms with Crippen LogP contribution in [0.15, 0.2) is 0 Å². The number of carbonyl (C=O) groups excluding carboxylic acids is 1. The molecule has 0 radical (unpaired) electrons. The quantitative estimate of drug-likeness (QED) is 0.724. The van der Waals surface area contributed by atoms with E-state index in [0.717, 1.165) is 39.3 Å². The number of hydrogen-bond donors (Lipinski definition) is 1. The van der Waals surface area contributed by atoms with Crippen LogP contribution in [0.2, 0.25) is 0 Å². The van der Waals surface area contributed by atoms with Crippen molar-refractivity contribution in [3.63, 3.8) is 0 Å². The van der Waals surface area contributed by atoms with Gasteiger partial charge in [-0.15, -0.1) is 0 Å². The summed E-state index contributed by atoms with van der Waals surface area (Å²) in [7, 11) is 3.97. The topological polar surface area (TPSA) is 42.1 Å². The van der Waals surface area contributed by atoms with Gasteiger partial charge in [0.05, 0.1) is 0 Å². The van der Waals surface area contributed by atoms with Crippen molar-refractivity contribution in [3.05, 3.63) is 0 Å². The first-order valence-electron chi connectivity index (χ1n) is 10.1. The van der Waals surface area contributed by atoms with E-state index in [-0.39, 0.29) is 5.91 Å². The van der Waals surface area contributed by atoms with Crippen LogP contribution in [0.1, 0.15) is 33.6 Å². The van der Waals surface area contributed by atoms with Crippen molar-refractivity contribution in [3.8, 4) is 0 Å². The number of hydrogen-bond acceptors (Lipinski definition) is 5. The second kappa shape index (κ2) is 9.86. The van der Waals surface area contributed by atoms with E-state index in [1.165, 1.54) is 19.5 Å². The molecule has 146 valence electrons. The maximum Gasteiger partial charge on any atom is 0.221 e. The van der Waals surface area contributed by atoms with Crippen LogP contribution in [0, 0.1) is 0 Å². The molecule has 2 fully saturated rings. The Morgan fingerprint density at radius 1 is 1.08 bits per heavy atom. The van der Waals surface area contributed by atoms with Crippen LogP contribution >= 0.6 is 0 Å². The molecule has 1 N–H and O–H groups in total. The van der Waals surface area contributed by atoms with Crippen molar-refractivity contribution in [2.45, 2.75) is 51.7 Å². The lowest BCUT2D eigenvalue weighted by Crippen LogP contribution is -2.61. The van der Waals surface area contributed by atoms with Crippen LogP contribution in [-0.2, 0) is 4.79 Å². The normalized spacial score (nSPS) is 30.5. The van der Waals surface area contributed by atoms with Gasteiger partial charge < -0.3 is 15.1 Å². The highest BCUT2D eigenvalue weighted by Gasteiger charge is 2.35. The number of likely N-dealkylation sites (N-methyl/N-ethyl adjacent to an activating group) is 3. The molecule has 6 nitrogen and oxygen atoms in total. The fourth-order valence-corrected chi connectivity index (χ4v) is 4.54. The average Bonchev–Trinajstić information content (AvgIpc) is 2.60. The predicted octanol–water partition coefficient (Wildman–Crippen LogP) is 0.543. The van der Waals surface area contributed by atoms with Crippen LogP contribution in [0.25, 0.3) is 0 Å². The molecule has 0 saturated carbocycles. The van der Waals surface area contributed by atoms with Gasteiger partial charge in [0.25, 0.3) is 0 Å². The molecule has 6 heteroatoms. The minimum absolute atomic E-state index is 0.149. The van der Waals surface area contributed by atoms with E-state index in [9.17, 15) is 4.79 Å². The standard InChI is InChI=1S/C19H39N5O/c1-6-22-13-16(3)24(9-8-19(25)20-4)18(15-22)12-17-14-21(5)10-11-23(17)7-2/h16-18H,6-15H2,1-5H3,(H,20,25)/t16-,17+,18?/m1/s1. The van der Waals surface area contributed by atoms with Crippen molar-refractivity contribution in [1.29, 1.82) is 0 Å². The molecule has 1 amide bonds. The molecule has 0 bridgehead atoms. The van der Waals surface area contributed by atoms with Crippen molar-refractivity contribution >= 4 is 5.91 Å². The summed E-state index contributed by atoms with van der Waals surface area (Å²) in [5, 5.41) is 2.77. The zero-order chi connectivity index (χ0) is 18.4. The number of amides is 1. The van der Waals surface area contributed by atoms with Crippen LogP contribution in [0.4, 0.5) is 0 Å². The average molecular weight is 354 g/mol. The maximum absolute atomic E-state index is 11.8. The number of rotatable bonds is 7. The Morgan fingerprint density at radius 2 is 1.84 bits per heavy atom. The van der Waals surface area contributed by atoms with Gasteiger partial charge in [-0.05, 0) is 33.5 Å². The van der Waals surface area contributed by atoms with Gasteiger partial charge in [-0.25, -0.2) is 0 Å². The molecular formula is C19H39N5O. The lowest BCUT2D eigenvalue weighted by Gasteiger charge is -2.49. The molecule has 2 saturated heterocycles. The summed E-state index contributed by atoms with van der Waals surface area (Å²) in [6, 6.07) is 1.68. The Balaban J connectivity index is 2.05. The third kappa shape index (κ3) is 5.64. The summed E-state index contributed by atoms with van der Waals surface area (Å²) in [6.45, 7) is 15.7. The predicted molar refractivity (Wildman–Crippen MR) is 104 cm³/mol. The number of piperazine rings is 2. The molecule has 0 aliphatic carbocycles. The summed E-state index contributed by atoms with van der Waals surface area (Å²) in [6.07, 6.45) is 1.80. The Hall–Kier alpha value is -0.690. The van der Waals surface area contributed by atoms with Gasteiger partial charge in [0.2, 0.25) is 5.91 Å². The van der Waals surface area contributed by atoms with Crippen molar-refractivity contribution in [2.75, 3.05) is 66.5 Å². The number of nitrogens with zero attached hydrogens (tertiary/aromatic N) is 4. The van der Waals surface area contributed by atoms with Gasteiger partial charge in [0, 0.05) is 70.9 Å². The van der Waals surface area contributed by atoms with E-state index in [0.29, 0.717) is 24.5 Å². The summed E-state index contributed by atoms with van der Waals surface area (Å²) in [5.41, 5.74) is 0. The van der Waals surface area contributed by atoms with E-state index in [1.54, 1.807) is 7.05 Å².